The molecule has 0 radical (unpaired) electrons. The molecule has 2 amide bonds. The second-order valence-corrected chi connectivity index (χ2v) is 5.55. The van der Waals surface area contributed by atoms with Crippen LogP contribution in [0.15, 0.2) is 18.2 Å². The zero-order chi connectivity index (χ0) is 15.0. The Labute approximate surface area is 122 Å². The van der Waals surface area contributed by atoms with Crippen molar-refractivity contribution in [3.05, 3.63) is 29.3 Å². The first-order valence-electron chi connectivity index (χ1n) is 7.15. The van der Waals surface area contributed by atoms with Crippen molar-refractivity contribution in [3.63, 3.8) is 0 Å². The molecule has 1 heterocycles. The molecule has 21 heavy (non-hydrogen) atoms. The predicted octanol–water partition coefficient (Wildman–Crippen LogP) is 1.49. The molecule has 1 aromatic carbocycles. The Morgan fingerprint density at radius 2 is 1.86 bits per heavy atom. The Kier molecular flexibility index (Phi) is 3.49. The molecule has 3 rings (SSSR count). The first-order chi connectivity index (χ1) is 10.1. The van der Waals surface area contributed by atoms with E-state index in [1.54, 1.807) is 19.2 Å². The molecule has 0 saturated carbocycles. The summed E-state index contributed by atoms with van der Waals surface area (Å²) in [4.78, 5) is 35.9. The minimum Gasteiger partial charge on any atom is -0.496 e. The van der Waals surface area contributed by atoms with Gasteiger partial charge in [-0.3, -0.25) is 19.7 Å². The number of rotatable bonds is 2. The predicted molar refractivity (Wildman–Crippen MR) is 75.0 cm³/mol. The van der Waals surface area contributed by atoms with Gasteiger partial charge in [-0.05, 0) is 25.3 Å². The third-order valence-electron chi connectivity index (χ3n) is 4.43. The molecule has 1 saturated heterocycles. The molecule has 1 aliphatic heterocycles. The molecular formula is C16H17NO4. The number of carbonyl (C=O) groups excluding carboxylic acids is 3. The smallest absolute Gasteiger partial charge is 0.230 e. The summed E-state index contributed by atoms with van der Waals surface area (Å²) in [6.45, 7) is 0. The molecule has 2 atom stereocenters. The van der Waals surface area contributed by atoms with Gasteiger partial charge in [-0.25, -0.2) is 0 Å². The molecule has 1 aromatic rings. The van der Waals surface area contributed by atoms with Crippen molar-refractivity contribution < 1.29 is 19.1 Å². The van der Waals surface area contributed by atoms with Crippen LogP contribution in [0.4, 0.5) is 0 Å². The number of imide groups is 1. The highest BCUT2D eigenvalue weighted by molar-refractivity contribution is 6.06. The van der Waals surface area contributed by atoms with Gasteiger partial charge >= 0.3 is 0 Å². The Bertz CT molecular complexity index is 623. The molecule has 1 N–H and O–H groups in total. The van der Waals surface area contributed by atoms with Crippen LogP contribution < -0.4 is 10.1 Å². The van der Waals surface area contributed by atoms with Crippen LogP contribution >= 0.6 is 0 Å². The van der Waals surface area contributed by atoms with Gasteiger partial charge in [0.2, 0.25) is 11.8 Å². The average Bonchev–Trinajstić information content (AvgIpc) is 2.48. The summed E-state index contributed by atoms with van der Waals surface area (Å²) in [7, 11) is 1.59. The maximum absolute atomic E-state index is 12.7. The normalized spacial score (nSPS) is 25.3. The van der Waals surface area contributed by atoms with Crippen molar-refractivity contribution in [3.8, 4) is 5.75 Å². The van der Waals surface area contributed by atoms with Crippen molar-refractivity contribution in [1.29, 1.82) is 0 Å². The standard InChI is InChI=1S/C16H17NO4/c1-21-13-4-2-3-10-9(13)5-6-11(15(10)19)12-7-8-14(18)17-16(12)20/h2-4,11-12H,5-8H2,1H3,(H,17,18,20). The number of Topliss-reactive ketones (excluding diaryl/α,β-unsaturated/α-hetero) is 1. The number of hydrogen-bond acceptors (Lipinski definition) is 4. The van der Waals surface area contributed by atoms with Crippen molar-refractivity contribution >= 4 is 17.6 Å². The molecule has 110 valence electrons. The second-order valence-electron chi connectivity index (χ2n) is 5.55. The minimum absolute atomic E-state index is 0.00958. The third-order valence-corrected chi connectivity index (χ3v) is 4.43. The molecule has 0 aromatic heterocycles. The molecule has 2 aliphatic rings. The van der Waals surface area contributed by atoms with E-state index >= 15 is 0 Å². The fourth-order valence-electron chi connectivity index (χ4n) is 3.35. The Morgan fingerprint density at radius 3 is 2.57 bits per heavy atom. The lowest BCUT2D eigenvalue weighted by Crippen LogP contribution is -2.46. The SMILES string of the molecule is COc1cccc2c1CCC(C1CCC(=O)NC1=O)C2=O. The van der Waals surface area contributed by atoms with E-state index < -0.39 is 5.92 Å². The number of nitrogens with one attached hydrogen (secondary N) is 1. The molecular weight excluding hydrogens is 270 g/mol. The number of ether oxygens (including phenoxy) is 1. The zero-order valence-corrected chi connectivity index (χ0v) is 11.8. The van der Waals surface area contributed by atoms with Gasteiger partial charge < -0.3 is 4.74 Å². The van der Waals surface area contributed by atoms with E-state index in [1.165, 1.54) is 0 Å². The van der Waals surface area contributed by atoms with E-state index in [1.807, 2.05) is 6.07 Å². The molecule has 2 unspecified atom stereocenters. The average molecular weight is 287 g/mol. The number of fused-ring (bicyclic) bond motifs is 1. The van der Waals surface area contributed by atoms with Crippen LogP contribution in [-0.2, 0) is 16.0 Å². The van der Waals surface area contributed by atoms with Crippen molar-refractivity contribution in [1.82, 2.24) is 5.32 Å². The van der Waals surface area contributed by atoms with E-state index in [2.05, 4.69) is 5.32 Å². The van der Waals surface area contributed by atoms with Crippen LogP contribution in [0.1, 0.15) is 35.2 Å². The lowest BCUT2D eigenvalue weighted by atomic mass is 9.73. The van der Waals surface area contributed by atoms with Gasteiger partial charge in [0.05, 0.1) is 7.11 Å². The highest BCUT2D eigenvalue weighted by Gasteiger charge is 2.40. The number of carbonyl (C=O) groups is 3. The summed E-state index contributed by atoms with van der Waals surface area (Å²) in [6.07, 6.45) is 2.11. The van der Waals surface area contributed by atoms with Gasteiger partial charge in [-0.1, -0.05) is 12.1 Å². The number of amides is 2. The number of methoxy groups -OCH3 is 1. The van der Waals surface area contributed by atoms with Gasteiger partial charge in [0.25, 0.3) is 0 Å². The van der Waals surface area contributed by atoms with Crippen LogP contribution in [0.5, 0.6) is 5.75 Å². The van der Waals surface area contributed by atoms with Crippen LogP contribution in [0.2, 0.25) is 0 Å². The minimum atomic E-state index is -0.394. The van der Waals surface area contributed by atoms with Gasteiger partial charge in [-0.15, -0.1) is 0 Å². The summed E-state index contributed by atoms with van der Waals surface area (Å²) in [5.74, 6) is -0.572. The third kappa shape index (κ3) is 2.33. The van der Waals surface area contributed by atoms with Crippen LogP contribution in [-0.4, -0.2) is 24.7 Å². The summed E-state index contributed by atoms with van der Waals surface area (Å²) >= 11 is 0. The van der Waals surface area contributed by atoms with Crippen LogP contribution in [0.3, 0.4) is 0 Å². The van der Waals surface area contributed by atoms with E-state index in [-0.39, 0.29) is 23.5 Å². The van der Waals surface area contributed by atoms with Crippen molar-refractivity contribution in [2.24, 2.45) is 11.8 Å². The topological polar surface area (TPSA) is 72.5 Å². The number of piperidine rings is 1. The zero-order valence-electron chi connectivity index (χ0n) is 11.8. The lowest BCUT2D eigenvalue weighted by Gasteiger charge is -2.31. The molecule has 1 aliphatic carbocycles. The molecule has 0 bridgehead atoms. The Morgan fingerprint density at radius 1 is 1.10 bits per heavy atom. The van der Waals surface area contributed by atoms with Crippen molar-refractivity contribution in [2.75, 3.05) is 7.11 Å². The molecule has 5 heteroatoms. The number of benzene rings is 1. The second kappa shape index (κ2) is 5.31. The van der Waals surface area contributed by atoms with Gasteiger partial charge in [-0.2, -0.15) is 0 Å². The molecule has 5 nitrogen and oxygen atoms in total. The fraction of sp³-hybridized carbons (Fsp3) is 0.438. The van der Waals surface area contributed by atoms with Gasteiger partial charge in [0.15, 0.2) is 5.78 Å². The van der Waals surface area contributed by atoms with Crippen LogP contribution in [0, 0.1) is 11.8 Å². The lowest BCUT2D eigenvalue weighted by molar-refractivity contribution is -0.137. The number of hydrogen-bond donors (Lipinski definition) is 1. The Hall–Kier alpha value is -2.17. The van der Waals surface area contributed by atoms with Gasteiger partial charge in [0, 0.05) is 29.4 Å². The quantitative estimate of drug-likeness (QED) is 0.837. The number of ketones is 1. The fourth-order valence-corrected chi connectivity index (χ4v) is 3.35. The summed E-state index contributed by atoms with van der Waals surface area (Å²) < 4.78 is 5.30. The summed E-state index contributed by atoms with van der Waals surface area (Å²) in [5, 5.41) is 2.34. The maximum atomic E-state index is 12.7. The van der Waals surface area contributed by atoms with E-state index in [0.29, 0.717) is 31.2 Å². The summed E-state index contributed by atoms with van der Waals surface area (Å²) in [5.41, 5.74) is 1.57. The van der Waals surface area contributed by atoms with E-state index in [9.17, 15) is 14.4 Å². The summed E-state index contributed by atoms with van der Waals surface area (Å²) in [6, 6.07) is 5.43. The van der Waals surface area contributed by atoms with Gasteiger partial charge in [0.1, 0.15) is 5.75 Å². The van der Waals surface area contributed by atoms with E-state index in [0.717, 1.165) is 11.3 Å². The highest BCUT2D eigenvalue weighted by atomic mass is 16.5. The first-order valence-corrected chi connectivity index (χ1v) is 7.15. The molecule has 0 spiro atoms. The van der Waals surface area contributed by atoms with Crippen LogP contribution in [0.25, 0.3) is 0 Å². The Balaban J connectivity index is 1.89. The highest BCUT2D eigenvalue weighted by Crippen LogP contribution is 2.37. The van der Waals surface area contributed by atoms with E-state index in [4.69, 9.17) is 4.74 Å². The maximum Gasteiger partial charge on any atom is 0.230 e. The molecule has 1 fully saturated rings. The van der Waals surface area contributed by atoms with Crippen molar-refractivity contribution in [2.45, 2.75) is 25.7 Å². The monoisotopic (exact) mass is 287 g/mol. The largest absolute Gasteiger partial charge is 0.496 e. The first kappa shape index (κ1) is 13.8.